The maximum atomic E-state index is 5.79. The normalized spacial score (nSPS) is 12.1. The van der Waals surface area contributed by atoms with Crippen molar-refractivity contribution in [3.05, 3.63) is 22.9 Å². The summed E-state index contributed by atoms with van der Waals surface area (Å²) in [5, 5.41) is 4.31. The number of nitrogens with zero attached hydrogens (tertiary/aromatic N) is 2. The lowest BCUT2D eigenvalue weighted by Gasteiger charge is -2.15. The molecule has 0 saturated carbocycles. The van der Waals surface area contributed by atoms with Crippen molar-refractivity contribution in [2.45, 2.75) is 32.4 Å². The zero-order valence-electron chi connectivity index (χ0n) is 12.5. The molecule has 4 nitrogen and oxygen atoms in total. The number of hydrogen-bond acceptors (Lipinski definition) is 3. The second kappa shape index (κ2) is 6.28. The van der Waals surface area contributed by atoms with Crippen LogP contribution < -0.4 is 5.32 Å². The largest absolute Gasteiger partial charge is 0.387 e. The average Bonchev–Trinajstić information content (AvgIpc) is 2.76. The molecule has 0 atom stereocenters. The van der Waals surface area contributed by atoms with Crippen LogP contribution in [-0.4, -0.2) is 31.3 Å². The molecule has 0 fully saturated rings. The molecule has 0 unspecified atom stereocenters. The lowest BCUT2D eigenvalue weighted by molar-refractivity contribution is 0.0899. The van der Waals surface area contributed by atoms with Gasteiger partial charge < -0.3 is 14.6 Å². The highest BCUT2D eigenvalue weighted by Gasteiger charge is 2.13. The van der Waals surface area contributed by atoms with Gasteiger partial charge in [0.2, 0.25) is 0 Å². The Morgan fingerprint density at radius 3 is 2.80 bits per heavy atom. The maximum absolute atomic E-state index is 5.79. The van der Waals surface area contributed by atoms with Crippen molar-refractivity contribution < 1.29 is 4.74 Å². The Balaban J connectivity index is 2.08. The van der Waals surface area contributed by atoms with E-state index in [0.717, 1.165) is 27.8 Å². The molecule has 2 heterocycles. The fourth-order valence-electron chi connectivity index (χ4n) is 2.01. The van der Waals surface area contributed by atoms with Crippen molar-refractivity contribution >= 4 is 40.7 Å². The number of fused-ring (bicyclic) bond motifs is 1. The molecule has 6 heteroatoms. The molecule has 0 amide bonds. The summed E-state index contributed by atoms with van der Waals surface area (Å²) in [5.41, 5.74) is 2.02. The summed E-state index contributed by atoms with van der Waals surface area (Å²) < 4.78 is 8.82. The number of pyridine rings is 1. The summed E-state index contributed by atoms with van der Waals surface area (Å²) >= 11 is 3.51. The first-order valence-electron chi connectivity index (χ1n) is 6.81. The Hall–Kier alpha value is -0.853. The van der Waals surface area contributed by atoms with Gasteiger partial charge in [-0.3, -0.25) is 0 Å². The number of ether oxygens (including phenoxy) is 1. The summed E-state index contributed by atoms with van der Waals surface area (Å²) in [6, 6.07) is 3.26. The summed E-state index contributed by atoms with van der Waals surface area (Å²) in [4.78, 5) is 4.48. The Bertz CT molecular complexity index is 592. The summed E-state index contributed by atoms with van der Waals surface area (Å²) in [5.74, 6) is 0. The van der Waals surface area contributed by atoms with Crippen LogP contribution in [0.2, 0.25) is 25.7 Å². The Morgan fingerprint density at radius 2 is 2.15 bits per heavy atom. The van der Waals surface area contributed by atoms with E-state index in [-0.39, 0.29) is 0 Å². The molecule has 0 spiro atoms. The zero-order chi connectivity index (χ0) is 14.8. The van der Waals surface area contributed by atoms with E-state index in [9.17, 15) is 0 Å². The van der Waals surface area contributed by atoms with Gasteiger partial charge in [-0.25, -0.2) is 4.98 Å². The van der Waals surface area contributed by atoms with Crippen LogP contribution in [0.4, 0.5) is 5.69 Å². The lowest BCUT2D eigenvalue weighted by atomic mass is 10.3. The molecule has 2 aromatic heterocycles. The number of halogens is 1. The minimum atomic E-state index is -1.02. The van der Waals surface area contributed by atoms with E-state index in [0.29, 0.717) is 6.73 Å². The fourth-order valence-corrected chi connectivity index (χ4v) is 3.28. The number of nitrogens with one attached hydrogen (secondary N) is 1. The summed E-state index contributed by atoms with van der Waals surface area (Å²) in [6.45, 7) is 8.47. The first-order valence-corrected chi connectivity index (χ1v) is 11.3. The first kappa shape index (κ1) is 15.5. The van der Waals surface area contributed by atoms with Gasteiger partial charge in [0.1, 0.15) is 12.4 Å². The van der Waals surface area contributed by atoms with Gasteiger partial charge in [-0.2, -0.15) is 0 Å². The predicted molar refractivity (Wildman–Crippen MR) is 91.1 cm³/mol. The molecule has 2 aromatic rings. The van der Waals surface area contributed by atoms with Crippen LogP contribution in [-0.2, 0) is 11.5 Å². The highest BCUT2D eigenvalue weighted by molar-refractivity contribution is 9.10. The third-order valence-electron chi connectivity index (χ3n) is 3.22. The van der Waals surface area contributed by atoms with E-state index in [2.05, 4.69) is 51.9 Å². The molecule has 0 aliphatic carbocycles. The van der Waals surface area contributed by atoms with Crippen LogP contribution in [0, 0.1) is 0 Å². The van der Waals surface area contributed by atoms with Crippen LogP contribution in [0.3, 0.4) is 0 Å². The molecular weight excluding hydrogens is 334 g/mol. The number of hydrogen-bond donors (Lipinski definition) is 1. The second-order valence-corrected chi connectivity index (χ2v) is 12.6. The van der Waals surface area contributed by atoms with Gasteiger partial charge in [-0.05, 0) is 28.0 Å². The maximum Gasteiger partial charge on any atom is 0.143 e. The number of anilines is 1. The van der Waals surface area contributed by atoms with Crippen LogP contribution in [0.1, 0.15) is 0 Å². The Labute approximate surface area is 129 Å². The van der Waals surface area contributed by atoms with Crippen molar-refractivity contribution in [2.24, 2.45) is 0 Å². The highest BCUT2D eigenvalue weighted by Crippen LogP contribution is 2.30. The minimum Gasteiger partial charge on any atom is -0.387 e. The Kier molecular flexibility index (Phi) is 4.88. The molecule has 0 aromatic carbocycles. The monoisotopic (exact) mass is 355 g/mol. The van der Waals surface area contributed by atoms with Gasteiger partial charge in [-0.1, -0.05) is 19.6 Å². The number of aromatic nitrogens is 2. The van der Waals surface area contributed by atoms with Gasteiger partial charge in [-0.15, -0.1) is 0 Å². The van der Waals surface area contributed by atoms with Crippen molar-refractivity contribution in [3.8, 4) is 0 Å². The molecule has 0 bridgehead atoms. The van der Waals surface area contributed by atoms with Gasteiger partial charge in [0.05, 0.1) is 10.2 Å². The standard InChI is InChI=1S/C14H22BrN3OSi/c1-16-13-11-5-6-18(14(11)17-9-12(13)15)10-19-7-8-20(2,3)4/h5-6,9H,7-8,10H2,1-4H3,(H,16,17). The molecule has 110 valence electrons. The first-order chi connectivity index (χ1) is 9.42. The summed E-state index contributed by atoms with van der Waals surface area (Å²) in [7, 11) is 0.897. The predicted octanol–water partition coefficient (Wildman–Crippen LogP) is 4.15. The van der Waals surface area contributed by atoms with Gasteiger partial charge in [0, 0.05) is 39.5 Å². The average molecular weight is 356 g/mol. The molecule has 2 rings (SSSR count). The Morgan fingerprint density at radius 1 is 1.40 bits per heavy atom. The lowest BCUT2D eigenvalue weighted by Crippen LogP contribution is -2.22. The molecule has 0 aliphatic rings. The van der Waals surface area contributed by atoms with Crippen LogP contribution in [0.15, 0.2) is 22.9 Å². The van der Waals surface area contributed by atoms with Crippen LogP contribution in [0.5, 0.6) is 0 Å². The van der Waals surface area contributed by atoms with E-state index in [1.165, 1.54) is 6.04 Å². The topological polar surface area (TPSA) is 39.1 Å². The highest BCUT2D eigenvalue weighted by atomic mass is 79.9. The van der Waals surface area contributed by atoms with E-state index in [1.54, 1.807) is 0 Å². The van der Waals surface area contributed by atoms with Crippen molar-refractivity contribution in [1.29, 1.82) is 0 Å². The summed E-state index contributed by atoms with van der Waals surface area (Å²) in [6.07, 6.45) is 3.85. The third kappa shape index (κ3) is 3.62. The van der Waals surface area contributed by atoms with Gasteiger partial charge >= 0.3 is 0 Å². The third-order valence-corrected chi connectivity index (χ3v) is 5.52. The van der Waals surface area contributed by atoms with Crippen molar-refractivity contribution in [2.75, 3.05) is 19.0 Å². The molecule has 20 heavy (non-hydrogen) atoms. The molecule has 0 saturated heterocycles. The quantitative estimate of drug-likeness (QED) is 0.624. The molecular formula is C14H22BrN3OSi. The zero-order valence-corrected chi connectivity index (χ0v) is 15.1. The van der Waals surface area contributed by atoms with Gasteiger partial charge in [0.25, 0.3) is 0 Å². The van der Waals surface area contributed by atoms with E-state index >= 15 is 0 Å². The molecule has 0 radical (unpaired) electrons. The molecule has 0 aliphatic heterocycles. The second-order valence-electron chi connectivity index (χ2n) is 6.10. The smallest absolute Gasteiger partial charge is 0.143 e. The SMILES string of the molecule is CNc1c(Br)cnc2c1ccn2COCC[Si](C)(C)C. The van der Waals surface area contributed by atoms with Crippen molar-refractivity contribution in [1.82, 2.24) is 9.55 Å². The number of rotatable bonds is 6. The molecule has 1 N–H and O–H groups in total. The van der Waals surface area contributed by atoms with Gasteiger partial charge in [0.15, 0.2) is 0 Å². The van der Waals surface area contributed by atoms with E-state index < -0.39 is 8.07 Å². The van der Waals surface area contributed by atoms with Crippen LogP contribution >= 0.6 is 15.9 Å². The van der Waals surface area contributed by atoms with Crippen LogP contribution in [0.25, 0.3) is 11.0 Å². The van der Waals surface area contributed by atoms with E-state index in [1.807, 2.05) is 24.0 Å². The van der Waals surface area contributed by atoms with Crippen molar-refractivity contribution in [3.63, 3.8) is 0 Å². The minimum absolute atomic E-state index is 0.561. The fraction of sp³-hybridized carbons (Fsp3) is 0.500. The van der Waals surface area contributed by atoms with E-state index in [4.69, 9.17) is 4.74 Å².